The summed E-state index contributed by atoms with van der Waals surface area (Å²) in [5.41, 5.74) is 0.628. The molecule has 0 spiro atoms. The summed E-state index contributed by atoms with van der Waals surface area (Å²) >= 11 is 0. The predicted molar refractivity (Wildman–Crippen MR) is 63.8 cm³/mol. The van der Waals surface area contributed by atoms with Crippen molar-refractivity contribution in [1.29, 1.82) is 0 Å². The summed E-state index contributed by atoms with van der Waals surface area (Å²) in [5.74, 6) is -0.0307. The quantitative estimate of drug-likeness (QED) is 0.788. The number of aryl methyl sites for hydroxylation is 1. The molecule has 16 heavy (non-hydrogen) atoms. The molecule has 0 unspecified atom stereocenters. The van der Waals surface area contributed by atoms with E-state index in [-0.39, 0.29) is 24.4 Å². The first-order valence-corrected chi connectivity index (χ1v) is 5.26. The second-order valence-corrected chi connectivity index (χ2v) is 3.92. The fourth-order valence-electron chi connectivity index (χ4n) is 1.78. The first kappa shape index (κ1) is 13.0. The fraction of sp³-hybridized carbons (Fsp3) is 0.600. The second kappa shape index (κ2) is 5.86. The van der Waals surface area contributed by atoms with E-state index in [1.54, 1.807) is 24.1 Å². The van der Waals surface area contributed by atoms with E-state index in [2.05, 4.69) is 15.7 Å². The molecule has 0 bridgehead atoms. The average molecular weight is 245 g/mol. The Kier molecular flexibility index (Phi) is 4.76. The van der Waals surface area contributed by atoms with Crippen LogP contribution in [0, 0.1) is 0 Å². The van der Waals surface area contributed by atoms with Gasteiger partial charge in [-0.2, -0.15) is 5.10 Å². The van der Waals surface area contributed by atoms with Gasteiger partial charge in [0.15, 0.2) is 0 Å². The highest BCUT2D eigenvalue weighted by Crippen LogP contribution is 2.03. The van der Waals surface area contributed by atoms with Crippen molar-refractivity contribution in [2.45, 2.75) is 18.9 Å². The lowest BCUT2D eigenvalue weighted by molar-refractivity contribution is 0.0930. The monoisotopic (exact) mass is 244 g/mol. The molecular weight excluding hydrogens is 228 g/mol. The molecule has 90 valence electrons. The lowest BCUT2D eigenvalue weighted by atomic mass is 10.1. The Morgan fingerprint density at radius 2 is 2.50 bits per heavy atom. The first-order chi connectivity index (χ1) is 7.25. The van der Waals surface area contributed by atoms with E-state index in [4.69, 9.17) is 0 Å². The van der Waals surface area contributed by atoms with E-state index >= 15 is 0 Å². The van der Waals surface area contributed by atoms with Gasteiger partial charge in [0.1, 0.15) is 0 Å². The minimum absolute atomic E-state index is 0. The second-order valence-electron chi connectivity index (χ2n) is 3.92. The number of rotatable bonds is 2. The number of piperidine rings is 1. The van der Waals surface area contributed by atoms with E-state index in [1.165, 1.54) is 0 Å². The molecular formula is C10H17ClN4O. The van der Waals surface area contributed by atoms with E-state index in [1.807, 2.05) is 0 Å². The zero-order chi connectivity index (χ0) is 10.7. The molecule has 6 heteroatoms. The number of amides is 1. The Hall–Kier alpha value is -1.07. The molecule has 1 aromatic heterocycles. The molecule has 0 aromatic carbocycles. The number of hydrogen-bond acceptors (Lipinski definition) is 3. The summed E-state index contributed by atoms with van der Waals surface area (Å²) in [6.07, 6.45) is 5.49. The topological polar surface area (TPSA) is 59.0 Å². The van der Waals surface area contributed by atoms with E-state index in [9.17, 15) is 4.79 Å². The maximum Gasteiger partial charge on any atom is 0.254 e. The zero-order valence-corrected chi connectivity index (χ0v) is 10.1. The molecule has 2 heterocycles. The Morgan fingerprint density at radius 1 is 1.69 bits per heavy atom. The van der Waals surface area contributed by atoms with E-state index in [0.717, 1.165) is 25.9 Å². The highest BCUT2D eigenvalue weighted by Gasteiger charge is 2.16. The van der Waals surface area contributed by atoms with Crippen molar-refractivity contribution < 1.29 is 4.79 Å². The third-order valence-electron chi connectivity index (χ3n) is 2.60. The van der Waals surface area contributed by atoms with Crippen LogP contribution in [0.2, 0.25) is 0 Å². The fourth-order valence-corrected chi connectivity index (χ4v) is 1.78. The Balaban J connectivity index is 0.00000128. The maximum absolute atomic E-state index is 11.7. The van der Waals surface area contributed by atoms with Gasteiger partial charge in [0.2, 0.25) is 0 Å². The number of carbonyl (C=O) groups is 1. The molecule has 1 amide bonds. The highest BCUT2D eigenvalue weighted by atomic mass is 35.5. The van der Waals surface area contributed by atoms with Crippen LogP contribution in [0.4, 0.5) is 0 Å². The van der Waals surface area contributed by atoms with Gasteiger partial charge in [-0.05, 0) is 19.4 Å². The molecule has 1 fully saturated rings. The number of nitrogens with one attached hydrogen (secondary N) is 2. The Morgan fingerprint density at radius 3 is 3.06 bits per heavy atom. The normalized spacial score (nSPS) is 19.9. The molecule has 0 aliphatic carbocycles. The average Bonchev–Trinajstić information content (AvgIpc) is 2.66. The van der Waals surface area contributed by atoms with Gasteiger partial charge >= 0.3 is 0 Å². The van der Waals surface area contributed by atoms with Gasteiger partial charge in [0.25, 0.3) is 5.91 Å². The molecule has 1 aliphatic rings. The molecule has 1 aliphatic heterocycles. The summed E-state index contributed by atoms with van der Waals surface area (Å²) in [7, 11) is 1.80. The number of carbonyl (C=O) groups excluding carboxylic acids is 1. The summed E-state index contributed by atoms with van der Waals surface area (Å²) in [6, 6.07) is 0.256. The van der Waals surface area contributed by atoms with Gasteiger partial charge in [-0.1, -0.05) is 0 Å². The molecule has 1 saturated heterocycles. The third kappa shape index (κ3) is 3.21. The van der Waals surface area contributed by atoms with Gasteiger partial charge in [-0.15, -0.1) is 12.4 Å². The van der Waals surface area contributed by atoms with Crippen LogP contribution in [-0.2, 0) is 7.05 Å². The van der Waals surface area contributed by atoms with E-state index in [0.29, 0.717) is 5.56 Å². The van der Waals surface area contributed by atoms with Crippen LogP contribution >= 0.6 is 12.4 Å². The lowest BCUT2D eigenvalue weighted by Crippen LogP contribution is -2.45. The Labute approximate surface area is 101 Å². The summed E-state index contributed by atoms with van der Waals surface area (Å²) in [4.78, 5) is 11.7. The van der Waals surface area contributed by atoms with Crippen molar-refractivity contribution in [3.63, 3.8) is 0 Å². The van der Waals surface area contributed by atoms with Crippen LogP contribution in [0.1, 0.15) is 23.2 Å². The summed E-state index contributed by atoms with van der Waals surface area (Å²) in [5, 5.41) is 10.2. The Bertz CT molecular complexity index is 346. The van der Waals surface area contributed by atoms with Gasteiger partial charge < -0.3 is 10.6 Å². The number of aromatic nitrogens is 2. The predicted octanol–water partition coefficient (Wildman–Crippen LogP) is 0.324. The van der Waals surface area contributed by atoms with Crippen molar-refractivity contribution in [1.82, 2.24) is 20.4 Å². The molecule has 1 atom stereocenters. The minimum atomic E-state index is -0.0307. The van der Waals surface area contributed by atoms with Gasteiger partial charge in [-0.25, -0.2) is 0 Å². The zero-order valence-electron chi connectivity index (χ0n) is 9.27. The molecule has 5 nitrogen and oxygen atoms in total. The number of hydrogen-bond donors (Lipinski definition) is 2. The van der Waals surface area contributed by atoms with Crippen molar-refractivity contribution in [3.8, 4) is 0 Å². The van der Waals surface area contributed by atoms with Crippen LogP contribution in [0.3, 0.4) is 0 Å². The standard InChI is InChI=1S/C10H16N4O.ClH/c1-14-7-8(5-12-14)10(15)13-9-3-2-4-11-6-9;/h5,7,9,11H,2-4,6H2,1H3,(H,13,15);1H/t9-;/m1./s1. The smallest absolute Gasteiger partial charge is 0.254 e. The molecule has 0 radical (unpaired) electrons. The van der Waals surface area contributed by atoms with Crippen LogP contribution in [0.25, 0.3) is 0 Å². The molecule has 2 N–H and O–H groups in total. The lowest BCUT2D eigenvalue weighted by Gasteiger charge is -2.23. The minimum Gasteiger partial charge on any atom is -0.348 e. The van der Waals surface area contributed by atoms with E-state index < -0.39 is 0 Å². The van der Waals surface area contributed by atoms with Crippen LogP contribution in [-0.4, -0.2) is 34.8 Å². The molecule has 0 saturated carbocycles. The third-order valence-corrected chi connectivity index (χ3v) is 2.60. The van der Waals surface area contributed by atoms with Gasteiger partial charge in [0.05, 0.1) is 11.8 Å². The number of halogens is 1. The summed E-state index contributed by atoms with van der Waals surface area (Å²) in [6.45, 7) is 1.92. The summed E-state index contributed by atoms with van der Waals surface area (Å²) < 4.78 is 1.63. The van der Waals surface area contributed by atoms with Crippen molar-refractivity contribution in [3.05, 3.63) is 18.0 Å². The number of nitrogens with zero attached hydrogens (tertiary/aromatic N) is 2. The van der Waals surface area contributed by atoms with Crippen molar-refractivity contribution in [2.24, 2.45) is 7.05 Å². The van der Waals surface area contributed by atoms with Crippen LogP contribution < -0.4 is 10.6 Å². The van der Waals surface area contributed by atoms with Crippen molar-refractivity contribution >= 4 is 18.3 Å². The van der Waals surface area contributed by atoms with Gasteiger partial charge in [-0.3, -0.25) is 9.48 Å². The molecule has 2 rings (SSSR count). The van der Waals surface area contributed by atoms with Gasteiger partial charge in [0, 0.05) is 25.8 Å². The van der Waals surface area contributed by atoms with Crippen LogP contribution in [0.5, 0.6) is 0 Å². The largest absolute Gasteiger partial charge is 0.348 e. The van der Waals surface area contributed by atoms with Crippen molar-refractivity contribution in [2.75, 3.05) is 13.1 Å². The molecule has 1 aromatic rings. The SMILES string of the molecule is Cl.Cn1cc(C(=O)N[C@@H]2CCCNC2)cn1. The first-order valence-electron chi connectivity index (χ1n) is 5.26. The maximum atomic E-state index is 11.7. The van der Waals surface area contributed by atoms with Crippen LogP contribution in [0.15, 0.2) is 12.4 Å². The highest BCUT2D eigenvalue weighted by molar-refractivity contribution is 5.93.